The first-order valence-electron chi connectivity index (χ1n) is 12.3. The van der Waals surface area contributed by atoms with E-state index >= 15 is 0 Å². The molecule has 0 saturated carbocycles. The third-order valence-electron chi connectivity index (χ3n) is 5.55. The Morgan fingerprint density at radius 3 is 1.21 bits per heavy atom. The minimum absolute atomic E-state index is 0.00474. The van der Waals surface area contributed by atoms with Crippen LogP contribution in [-0.2, 0) is 10.9 Å². The molecule has 0 unspecified atom stereocenters. The molecule has 0 spiro atoms. The van der Waals surface area contributed by atoms with Crippen LogP contribution in [0, 0.1) is 11.6 Å². The minimum atomic E-state index is -11.2. The van der Waals surface area contributed by atoms with E-state index in [0.29, 0.717) is 11.1 Å². The van der Waals surface area contributed by atoms with Crippen LogP contribution in [-0.4, -0.2) is 25.3 Å². The number of hydrogen-bond acceptors (Lipinski definition) is 2. The molecule has 0 atom stereocenters. The molecule has 5 aromatic rings. The summed E-state index contributed by atoms with van der Waals surface area (Å²) in [6.07, 6.45) is 0. The molecule has 0 heterocycles. The molecule has 12 heteroatoms. The van der Waals surface area contributed by atoms with Crippen LogP contribution in [0.1, 0.15) is 15.9 Å². The van der Waals surface area contributed by atoms with Crippen molar-refractivity contribution in [2.45, 2.75) is 24.5 Å². The molecule has 0 bridgehead atoms. The summed E-state index contributed by atoms with van der Waals surface area (Å²) in [5.41, 5.74) is 1.33. The normalized spacial score (nSPS) is 13.0. The predicted octanol–water partition coefficient (Wildman–Crippen LogP) is 10.6. The summed E-state index contributed by atoms with van der Waals surface area (Å²) >= 11 is -9.64. The van der Waals surface area contributed by atoms with Crippen molar-refractivity contribution in [3.05, 3.63) is 150 Å². The van der Waals surface area contributed by atoms with Gasteiger partial charge in [0.05, 0.1) is 10.9 Å². The van der Waals surface area contributed by atoms with Gasteiger partial charge in [0.2, 0.25) is 0 Å². The molecule has 43 heavy (non-hydrogen) atoms. The number of halogens is 8. The van der Waals surface area contributed by atoms with Crippen molar-refractivity contribution in [1.82, 2.24) is 0 Å². The van der Waals surface area contributed by atoms with Gasteiger partial charge in [-0.05, 0) is 97.1 Å². The first kappa shape index (κ1) is 32.6. The maximum absolute atomic E-state index is 13.6. The van der Waals surface area contributed by atoms with Crippen molar-refractivity contribution in [3.8, 4) is 0 Å². The fourth-order valence-corrected chi connectivity index (χ4v) is 6.62. The Morgan fingerprint density at radius 1 is 0.488 bits per heavy atom. The van der Waals surface area contributed by atoms with Crippen molar-refractivity contribution >= 4 is 47.9 Å². The molecule has 224 valence electrons. The molecule has 0 amide bonds. The standard InChI is InChI=1S/C31H21F2OS2.6FH.Sb/c32-24-8-16-28(17-9-24)36(29-18-10-25(33)11-19-29)30-20-14-27(15-21-30)35-26-12-6-23(7-13-26)31(34)22-4-2-1-3-5-22;;;;;;;/h1-21H;6*1H;/q+1;;;;;;;+5/p-6. The Morgan fingerprint density at radius 2 is 0.814 bits per heavy atom. The topological polar surface area (TPSA) is 17.1 Å². The van der Waals surface area contributed by atoms with E-state index in [4.69, 9.17) is 0 Å². The van der Waals surface area contributed by atoms with Gasteiger partial charge in [0.1, 0.15) is 11.6 Å². The number of benzene rings is 5. The Kier molecular flexibility index (Phi) is 9.40. The molecule has 5 rings (SSSR count). The third kappa shape index (κ3) is 11.1. The number of ketones is 1. The molecule has 5 aromatic carbocycles. The summed E-state index contributed by atoms with van der Waals surface area (Å²) in [4.78, 5) is 17.7. The van der Waals surface area contributed by atoms with Gasteiger partial charge in [-0.25, -0.2) is 8.78 Å². The third-order valence-corrected chi connectivity index (χ3v) is 8.79. The Hall–Kier alpha value is -3.27. The first-order chi connectivity index (χ1) is 20.0. The molecular formula is C31H21F8OS2Sb. The van der Waals surface area contributed by atoms with E-state index < -0.39 is 30.4 Å². The van der Waals surface area contributed by atoms with Crippen molar-refractivity contribution < 1.29 is 30.5 Å². The van der Waals surface area contributed by atoms with Crippen LogP contribution in [0.5, 0.6) is 0 Å². The van der Waals surface area contributed by atoms with Crippen LogP contribution in [0.2, 0.25) is 0 Å². The van der Waals surface area contributed by atoms with E-state index in [1.165, 1.54) is 24.3 Å². The van der Waals surface area contributed by atoms with Gasteiger partial charge < -0.3 is 0 Å². The summed E-state index contributed by atoms with van der Waals surface area (Å²) in [5, 5.41) is 0. The van der Waals surface area contributed by atoms with Gasteiger partial charge in [0.15, 0.2) is 20.5 Å². The Bertz CT molecular complexity index is 1620. The fourth-order valence-electron chi connectivity index (χ4n) is 3.76. The van der Waals surface area contributed by atoms with Crippen LogP contribution in [0.4, 0.5) is 25.7 Å². The van der Waals surface area contributed by atoms with Crippen LogP contribution in [0.3, 0.4) is 0 Å². The number of carbonyl (C=O) groups is 1. The molecule has 0 aliphatic heterocycles. The second kappa shape index (κ2) is 12.4. The molecule has 0 N–H and O–H groups in total. The zero-order chi connectivity index (χ0) is 31.3. The molecule has 0 fully saturated rings. The van der Waals surface area contributed by atoms with Crippen LogP contribution in [0.15, 0.2) is 152 Å². The average Bonchev–Trinajstić information content (AvgIpc) is 2.95. The van der Waals surface area contributed by atoms with Gasteiger partial charge in [-0.15, -0.1) is 0 Å². The molecule has 0 radical (unpaired) electrons. The monoisotopic (exact) mass is 746 g/mol. The first-order valence-corrected chi connectivity index (χ1v) is 20.1. The summed E-state index contributed by atoms with van der Waals surface area (Å²) in [6, 6.07) is 38.0. The second-order valence-corrected chi connectivity index (χ2v) is 17.6. The van der Waals surface area contributed by atoms with Gasteiger partial charge in [0.25, 0.3) is 0 Å². The average molecular weight is 747 g/mol. The fraction of sp³-hybridized carbons (Fsp3) is 0. The van der Waals surface area contributed by atoms with Crippen molar-refractivity contribution in [1.29, 1.82) is 0 Å². The number of hydrogen-bond donors (Lipinski definition) is 0. The van der Waals surface area contributed by atoms with E-state index in [0.717, 1.165) is 24.5 Å². The van der Waals surface area contributed by atoms with Crippen molar-refractivity contribution in [3.63, 3.8) is 0 Å². The number of rotatable bonds is 7. The van der Waals surface area contributed by atoms with Crippen LogP contribution < -0.4 is 0 Å². The zero-order valence-corrected chi connectivity index (χ0v) is 26.0. The summed E-state index contributed by atoms with van der Waals surface area (Å²) in [6.45, 7) is 0. The quantitative estimate of drug-likeness (QED) is 0.0714. The van der Waals surface area contributed by atoms with E-state index in [9.17, 15) is 30.5 Å². The number of carbonyl (C=O) groups excluding carboxylic acids is 1. The summed E-state index contributed by atoms with van der Waals surface area (Å²) in [5.74, 6) is -0.570. The van der Waals surface area contributed by atoms with Crippen LogP contribution in [0.25, 0.3) is 0 Å². The maximum atomic E-state index is 13.6. The summed E-state index contributed by atoms with van der Waals surface area (Å²) < 4.78 is 86.7. The predicted molar refractivity (Wildman–Crippen MR) is 154 cm³/mol. The van der Waals surface area contributed by atoms with Gasteiger partial charge >= 0.3 is 36.4 Å². The van der Waals surface area contributed by atoms with Gasteiger partial charge in [0, 0.05) is 20.9 Å². The molecule has 0 saturated heterocycles. The van der Waals surface area contributed by atoms with E-state index in [-0.39, 0.29) is 17.4 Å². The SMILES string of the molecule is O=C(c1ccccc1)c1ccc(Sc2ccc([S+](c3ccc(F)cc3)c3ccc(F)cc3)cc2)cc1.[F][Sb-]([F])([F])([F])([F])[F]. The molecule has 1 nitrogen and oxygen atoms in total. The molecule has 0 aromatic heterocycles. The van der Waals surface area contributed by atoms with Gasteiger partial charge in [-0.2, -0.15) is 0 Å². The van der Waals surface area contributed by atoms with Crippen LogP contribution >= 0.6 is 11.8 Å². The van der Waals surface area contributed by atoms with E-state index in [1.54, 1.807) is 36.0 Å². The molecule has 0 aliphatic rings. The van der Waals surface area contributed by atoms with E-state index in [2.05, 4.69) is 24.3 Å². The zero-order valence-electron chi connectivity index (χ0n) is 21.8. The van der Waals surface area contributed by atoms with Gasteiger partial charge in [-0.1, -0.05) is 42.1 Å². The second-order valence-electron chi connectivity index (χ2n) is 8.97. The molecular weight excluding hydrogens is 726 g/mol. The van der Waals surface area contributed by atoms with Crippen molar-refractivity contribution in [2.75, 3.05) is 0 Å². The van der Waals surface area contributed by atoms with Crippen molar-refractivity contribution in [2.24, 2.45) is 0 Å². The molecule has 0 aliphatic carbocycles. The van der Waals surface area contributed by atoms with Gasteiger partial charge in [-0.3, -0.25) is 4.79 Å². The summed E-state index contributed by atoms with van der Waals surface area (Å²) in [7, 11) is -0.493. The Balaban J connectivity index is 0.000000541. The Labute approximate surface area is 251 Å². The van der Waals surface area contributed by atoms with E-state index in [1.807, 2.05) is 54.6 Å².